The monoisotopic (exact) mass is 610 g/mol. The SMILES string of the molecule is CC(C)CCN(CC(C)(C)NC(=O)C(C(C)CC(N)=O)[N+]1(C(=O)O)CCCCCC1)c1ccc(OCc2cccnc2)cc1. The Bertz CT molecular complexity index is 1210. The Hall–Kier alpha value is -3.66. The molecule has 1 saturated heterocycles. The number of amides is 3. The number of hydrogen-bond acceptors (Lipinski definition) is 6. The number of quaternary nitrogens is 1. The van der Waals surface area contributed by atoms with Gasteiger partial charge in [0.05, 0.1) is 18.6 Å². The molecule has 1 aromatic heterocycles. The van der Waals surface area contributed by atoms with Crippen molar-refractivity contribution in [1.29, 1.82) is 0 Å². The maximum atomic E-state index is 14.1. The smallest absolute Gasteiger partial charge is 0.489 e. The number of carbonyl (C=O) groups is 3. The predicted molar refractivity (Wildman–Crippen MR) is 172 cm³/mol. The van der Waals surface area contributed by atoms with Crippen molar-refractivity contribution in [2.45, 2.75) is 91.3 Å². The van der Waals surface area contributed by atoms with E-state index in [0.717, 1.165) is 42.8 Å². The number of pyridine rings is 1. The van der Waals surface area contributed by atoms with Gasteiger partial charge in [0, 0.05) is 49.1 Å². The number of ether oxygens (including phenoxy) is 1. The van der Waals surface area contributed by atoms with Gasteiger partial charge in [-0.15, -0.1) is 0 Å². The lowest BCUT2D eigenvalue weighted by Gasteiger charge is -2.42. The Morgan fingerprint density at radius 2 is 1.73 bits per heavy atom. The topological polar surface area (TPSA) is 135 Å². The molecule has 44 heavy (non-hydrogen) atoms. The van der Waals surface area contributed by atoms with Crippen LogP contribution >= 0.6 is 0 Å². The van der Waals surface area contributed by atoms with E-state index in [1.807, 2.05) is 50.2 Å². The number of hydrogen-bond donors (Lipinski definition) is 3. The minimum Gasteiger partial charge on any atom is -0.489 e. The average molecular weight is 611 g/mol. The molecule has 2 atom stereocenters. The molecule has 0 bridgehead atoms. The van der Waals surface area contributed by atoms with E-state index < -0.39 is 29.5 Å². The summed E-state index contributed by atoms with van der Waals surface area (Å²) in [7, 11) is 0. The first-order valence-corrected chi connectivity index (χ1v) is 15.9. The van der Waals surface area contributed by atoms with Gasteiger partial charge < -0.3 is 25.8 Å². The number of likely N-dealkylation sites (tertiary alicyclic amines) is 1. The Morgan fingerprint density at radius 3 is 2.27 bits per heavy atom. The van der Waals surface area contributed by atoms with Crippen LogP contribution in [-0.4, -0.2) is 70.2 Å². The van der Waals surface area contributed by atoms with Gasteiger partial charge in [-0.05, 0) is 82.2 Å². The maximum absolute atomic E-state index is 14.1. The minimum absolute atomic E-state index is 0.0541. The highest BCUT2D eigenvalue weighted by atomic mass is 16.5. The van der Waals surface area contributed by atoms with Crippen LogP contribution in [0.5, 0.6) is 5.75 Å². The third-order valence-corrected chi connectivity index (χ3v) is 8.46. The number of nitrogens with zero attached hydrogens (tertiary/aromatic N) is 3. The zero-order valence-electron chi connectivity index (χ0n) is 27.1. The van der Waals surface area contributed by atoms with Crippen molar-refractivity contribution < 1.29 is 28.7 Å². The second kappa shape index (κ2) is 15.9. The Morgan fingerprint density at radius 1 is 1.07 bits per heavy atom. The van der Waals surface area contributed by atoms with E-state index in [0.29, 0.717) is 45.0 Å². The molecule has 3 rings (SSSR count). The lowest BCUT2D eigenvalue weighted by Crippen LogP contribution is -2.68. The van der Waals surface area contributed by atoms with Crippen LogP contribution in [0.15, 0.2) is 48.8 Å². The zero-order valence-corrected chi connectivity index (χ0v) is 27.1. The third-order valence-electron chi connectivity index (χ3n) is 8.46. The molecular formula is C34H52N5O5+. The molecule has 242 valence electrons. The van der Waals surface area contributed by atoms with Crippen molar-refractivity contribution >= 4 is 23.6 Å². The standard InChI is InChI=1S/C34H51N5O5/c1-25(2)16-18-38(28-12-14-29(15-13-28)44-23-27-11-10-17-36-22-27)24-34(4,5)37-32(41)31(26(3)21-30(35)40)39(33(42)43)19-8-6-7-9-20-39/h10-15,17,22,25-26,31H,6-9,16,18-21,23-24H2,1-5H3,(H3-,35,37,40,41,42,43)/p+1. The van der Waals surface area contributed by atoms with E-state index in [-0.39, 0.29) is 16.8 Å². The normalized spacial score (nSPS) is 16.4. The summed E-state index contributed by atoms with van der Waals surface area (Å²) in [6.45, 7) is 12.5. The van der Waals surface area contributed by atoms with Crippen molar-refractivity contribution in [3.63, 3.8) is 0 Å². The number of rotatable bonds is 15. The molecule has 2 heterocycles. The van der Waals surface area contributed by atoms with Gasteiger partial charge in [0.2, 0.25) is 5.91 Å². The summed E-state index contributed by atoms with van der Waals surface area (Å²) in [5, 5.41) is 13.7. The van der Waals surface area contributed by atoms with E-state index in [2.05, 4.69) is 29.0 Å². The van der Waals surface area contributed by atoms with Crippen molar-refractivity contribution in [3.8, 4) is 5.75 Å². The molecule has 0 radical (unpaired) electrons. The van der Waals surface area contributed by atoms with Gasteiger partial charge in [-0.25, -0.2) is 4.48 Å². The number of anilines is 1. The largest absolute Gasteiger partial charge is 0.514 e. The number of nitrogens with two attached hydrogens (primary N) is 1. The summed E-state index contributed by atoms with van der Waals surface area (Å²) >= 11 is 0. The summed E-state index contributed by atoms with van der Waals surface area (Å²) in [5.74, 6) is -0.190. The molecular weight excluding hydrogens is 558 g/mol. The molecule has 2 unspecified atom stereocenters. The van der Waals surface area contributed by atoms with E-state index in [9.17, 15) is 19.5 Å². The fraction of sp³-hybridized carbons (Fsp3) is 0.588. The van der Waals surface area contributed by atoms with Gasteiger partial charge in [-0.3, -0.25) is 14.6 Å². The van der Waals surface area contributed by atoms with Crippen molar-refractivity contribution in [1.82, 2.24) is 10.3 Å². The summed E-state index contributed by atoms with van der Waals surface area (Å²) in [4.78, 5) is 45.3. The molecule has 1 aliphatic rings. The highest BCUT2D eigenvalue weighted by Crippen LogP contribution is 2.30. The predicted octanol–water partition coefficient (Wildman–Crippen LogP) is 5.36. The van der Waals surface area contributed by atoms with Crippen LogP contribution in [-0.2, 0) is 16.2 Å². The molecule has 10 nitrogen and oxygen atoms in total. The molecule has 1 aromatic carbocycles. The number of carbonyl (C=O) groups excluding carboxylic acids is 2. The van der Waals surface area contributed by atoms with Crippen LogP contribution in [0.3, 0.4) is 0 Å². The van der Waals surface area contributed by atoms with E-state index >= 15 is 0 Å². The van der Waals surface area contributed by atoms with Crippen molar-refractivity contribution in [3.05, 3.63) is 54.4 Å². The zero-order chi connectivity index (χ0) is 32.3. The van der Waals surface area contributed by atoms with Gasteiger partial charge in [0.1, 0.15) is 12.4 Å². The fourth-order valence-electron chi connectivity index (χ4n) is 6.28. The molecule has 3 amide bonds. The Kier molecular flexibility index (Phi) is 12.6. The Labute approximate surface area is 262 Å². The van der Waals surface area contributed by atoms with Crippen LogP contribution in [0.25, 0.3) is 0 Å². The quantitative estimate of drug-likeness (QED) is 0.231. The second-order valence-electron chi connectivity index (χ2n) is 13.4. The molecule has 0 spiro atoms. The second-order valence-corrected chi connectivity index (χ2v) is 13.4. The lowest BCUT2D eigenvalue weighted by atomic mass is 9.91. The number of carboxylic acid groups (broad SMARTS) is 1. The van der Waals surface area contributed by atoms with Gasteiger partial charge in [-0.2, -0.15) is 4.79 Å². The molecule has 4 N–H and O–H groups in total. The van der Waals surface area contributed by atoms with Gasteiger partial charge in [0.25, 0.3) is 5.91 Å². The molecule has 1 fully saturated rings. The van der Waals surface area contributed by atoms with E-state index in [1.165, 1.54) is 0 Å². The van der Waals surface area contributed by atoms with Crippen LogP contribution in [0.1, 0.15) is 78.7 Å². The van der Waals surface area contributed by atoms with E-state index in [1.54, 1.807) is 19.3 Å². The van der Waals surface area contributed by atoms with E-state index in [4.69, 9.17) is 10.5 Å². The van der Waals surface area contributed by atoms with Crippen LogP contribution in [0.4, 0.5) is 10.5 Å². The Balaban J connectivity index is 1.81. The first-order valence-electron chi connectivity index (χ1n) is 15.9. The number of benzene rings is 1. The third kappa shape index (κ3) is 9.94. The highest BCUT2D eigenvalue weighted by molar-refractivity contribution is 5.84. The molecule has 0 aliphatic carbocycles. The first kappa shape index (κ1) is 34.8. The lowest BCUT2D eigenvalue weighted by molar-refractivity contribution is -0.876. The first-order chi connectivity index (χ1) is 20.8. The van der Waals surface area contributed by atoms with Gasteiger partial charge >= 0.3 is 6.09 Å². The minimum atomic E-state index is -1.02. The summed E-state index contributed by atoms with van der Waals surface area (Å²) < 4.78 is 5.58. The number of primary amides is 1. The summed E-state index contributed by atoms with van der Waals surface area (Å²) in [6, 6.07) is 10.9. The van der Waals surface area contributed by atoms with Crippen molar-refractivity contribution in [2.75, 3.05) is 31.1 Å². The van der Waals surface area contributed by atoms with Gasteiger partial charge in [0.15, 0.2) is 6.04 Å². The van der Waals surface area contributed by atoms with Crippen LogP contribution in [0.2, 0.25) is 0 Å². The highest BCUT2D eigenvalue weighted by Gasteiger charge is 2.52. The summed E-state index contributed by atoms with van der Waals surface area (Å²) in [6.07, 6.45) is 6.68. The average Bonchev–Trinajstić information content (AvgIpc) is 3.21. The van der Waals surface area contributed by atoms with Crippen LogP contribution < -0.4 is 20.7 Å². The number of aromatic nitrogens is 1. The maximum Gasteiger partial charge on any atom is 0.514 e. The fourth-order valence-corrected chi connectivity index (χ4v) is 6.28. The molecule has 0 saturated carbocycles. The van der Waals surface area contributed by atoms with Crippen LogP contribution in [0, 0.1) is 11.8 Å². The van der Waals surface area contributed by atoms with Crippen molar-refractivity contribution in [2.24, 2.45) is 17.6 Å². The molecule has 2 aromatic rings. The molecule has 10 heteroatoms. The molecule has 1 aliphatic heterocycles. The number of nitrogens with one attached hydrogen (secondary N) is 1. The van der Waals surface area contributed by atoms with Gasteiger partial charge in [-0.1, -0.05) is 26.8 Å². The summed E-state index contributed by atoms with van der Waals surface area (Å²) in [5.41, 5.74) is 6.83.